The van der Waals surface area contributed by atoms with Crippen LogP contribution in [0.4, 0.5) is 5.69 Å². The van der Waals surface area contributed by atoms with Crippen molar-refractivity contribution in [1.29, 1.82) is 0 Å². The van der Waals surface area contributed by atoms with E-state index in [1.807, 2.05) is 6.07 Å². The number of nitro benzene ring substituents is 1. The third kappa shape index (κ3) is 3.27. The average Bonchev–Trinajstić information content (AvgIpc) is 2.36. The fraction of sp³-hybridized carbons (Fsp3) is 0.538. The van der Waals surface area contributed by atoms with Crippen molar-refractivity contribution < 1.29 is 9.41 Å². The van der Waals surface area contributed by atoms with Gasteiger partial charge in [0.1, 0.15) is 6.54 Å². The Hall–Kier alpha value is -1.42. The highest BCUT2D eigenvalue weighted by Gasteiger charge is 2.21. The van der Waals surface area contributed by atoms with E-state index in [9.17, 15) is 10.1 Å². The molecule has 0 atom stereocenters. The molecular weight excluding hydrogens is 216 g/mol. The van der Waals surface area contributed by atoms with Gasteiger partial charge in [0.25, 0.3) is 5.69 Å². The Morgan fingerprint density at radius 2 is 1.76 bits per heavy atom. The summed E-state index contributed by atoms with van der Waals surface area (Å²) < 4.78 is 0.973. The summed E-state index contributed by atoms with van der Waals surface area (Å²) >= 11 is 0. The zero-order valence-electron chi connectivity index (χ0n) is 10.8. The van der Waals surface area contributed by atoms with Crippen molar-refractivity contribution in [3.63, 3.8) is 0 Å². The molecule has 4 nitrogen and oxygen atoms in total. The predicted octanol–water partition coefficient (Wildman–Crippen LogP) is 2.97. The molecule has 0 N–H and O–H groups in total. The van der Waals surface area contributed by atoms with Crippen LogP contribution in [0.15, 0.2) is 24.3 Å². The van der Waals surface area contributed by atoms with Crippen molar-refractivity contribution in [1.82, 2.24) is 0 Å². The average molecular weight is 237 g/mol. The molecule has 0 radical (unpaired) electrons. The summed E-state index contributed by atoms with van der Waals surface area (Å²) in [6.07, 6.45) is 0. The normalized spacial score (nSPS) is 11.5. The molecule has 94 valence electrons. The number of non-ortho nitro benzene ring substituents is 1. The predicted molar refractivity (Wildman–Crippen MR) is 68.7 cm³/mol. The molecule has 1 rings (SSSR count). The van der Waals surface area contributed by atoms with Crippen LogP contribution >= 0.6 is 0 Å². The number of rotatable bonds is 6. The Morgan fingerprint density at radius 1 is 1.18 bits per heavy atom. The van der Waals surface area contributed by atoms with Crippen LogP contribution in [0, 0.1) is 10.1 Å². The zero-order valence-corrected chi connectivity index (χ0v) is 10.8. The van der Waals surface area contributed by atoms with Gasteiger partial charge in [0.05, 0.1) is 24.6 Å². The van der Waals surface area contributed by atoms with Crippen LogP contribution in [-0.4, -0.2) is 29.0 Å². The molecule has 0 aromatic heterocycles. The lowest BCUT2D eigenvalue weighted by atomic mass is 10.1. The molecule has 0 fully saturated rings. The van der Waals surface area contributed by atoms with Gasteiger partial charge in [-0.1, -0.05) is 12.1 Å². The highest BCUT2D eigenvalue weighted by atomic mass is 16.6. The Morgan fingerprint density at radius 3 is 2.24 bits per heavy atom. The minimum Gasteiger partial charge on any atom is -0.321 e. The van der Waals surface area contributed by atoms with Crippen LogP contribution in [0.25, 0.3) is 0 Å². The maximum Gasteiger partial charge on any atom is 0.269 e. The maximum atomic E-state index is 10.7. The quantitative estimate of drug-likeness (QED) is 0.433. The fourth-order valence-electron chi connectivity index (χ4n) is 2.16. The summed E-state index contributed by atoms with van der Waals surface area (Å²) in [5.74, 6) is 0. The fourth-order valence-corrected chi connectivity index (χ4v) is 2.16. The van der Waals surface area contributed by atoms with Gasteiger partial charge in [-0.2, -0.15) is 0 Å². The first-order chi connectivity index (χ1) is 8.06. The summed E-state index contributed by atoms with van der Waals surface area (Å²) in [5.41, 5.74) is 1.23. The smallest absolute Gasteiger partial charge is 0.269 e. The van der Waals surface area contributed by atoms with E-state index >= 15 is 0 Å². The van der Waals surface area contributed by atoms with Gasteiger partial charge in [-0.15, -0.1) is 0 Å². The molecule has 0 saturated carbocycles. The first-order valence-corrected chi connectivity index (χ1v) is 6.15. The molecular formula is C13H21N2O2+. The lowest BCUT2D eigenvalue weighted by molar-refractivity contribution is -0.936. The molecule has 0 bridgehead atoms. The second-order valence-electron chi connectivity index (χ2n) is 4.38. The van der Waals surface area contributed by atoms with E-state index in [0.717, 1.165) is 36.2 Å². The van der Waals surface area contributed by atoms with Gasteiger partial charge in [0.2, 0.25) is 0 Å². The van der Waals surface area contributed by atoms with Crippen LogP contribution in [0.2, 0.25) is 0 Å². The summed E-state index contributed by atoms with van der Waals surface area (Å²) in [6.45, 7) is 10.5. The molecule has 1 aromatic rings. The summed E-state index contributed by atoms with van der Waals surface area (Å²) in [5, 5.41) is 10.7. The number of benzene rings is 1. The summed E-state index contributed by atoms with van der Waals surface area (Å²) in [7, 11) is 0. The van der Waals surface area contributed by atoms with Crippen molar-refractivity contribution in [2.24, 2.45) is 0 Å². The van der Waals surface area contributed by atoms with Gasteiger partial charge in [0, 0.05) is 17.7 Å². The molecule has 4 heteroatoms. The van der Waals surface area contributed by atoms with Crippen molar-refractivity contribution in [3.05, 3.63) is 39.9 Å². The van der Waals surface area contributed by atoms with E-state index in [2.05, 4.69) is 20.8 Å². The van der Waals surface area contributed by atoms with E-state index in [0.29, 0.717) is 0 Å². The van der Waals surface area contributed by atoms with Crippen molar-refractivity contribution in [2.75, 3.05) is 19.6 Å². The Kier molecular flexibility index (Phi) is 4.63. The first kappa shape index (κ1) is 13.6. The molecule has 0 saturated heterocycles. The summed E-state index contributed by atoms with van der Waals surface area (Å²) in [6, 6.07) is 6.97. The zero-order chi connectivity index (χ0) is 12.9. The molecule has 0 aliphatic rings. The van der Waals surface area contributed by atoms with E-state index in [-0.39, 0.29) is 10.6 Å². The van der Waals surface area contributed by atoms with E-state index in [1.54, 1.807) is 18.2 Å². The van der Waals surface area contributed by atoms with E-state index in [1.165, 1.54) is 0 Å². The molecule has 1 aromatic carbocycles. The van der Waals surface area contributed by atoms with Crippen LogP contribution in [-0.2, 0) is 6.54 Å². The summed E-state index contributed by atoms with van der Waals surface area (Å²) in [4.78, 5) is 10.4. The number of hydrogen-bond acceptors (Lipinski definition) is 2. The topological polar surface area (TPSA) is 43.1 Å². The van der Waals surface area contributed by atoms with Gasteiger partial charge in [-0.05, 0) is 20.8 Å². The number of nitro groups is 1. The number of nitrogens with zero attached hydrogens (tertiary/aromatic N) is 2. The van der Waals surface area contributed by atoms with Gasteiger partial charge in [-0.3, -0.25) is 10.1 Å². The monoisotopic (exact) mass is 237 g/mol. The molecule has 0 heterocycles. The van der Waals surface area contributed by atoms with Crippen LogP contribution < -0.4 is 0 Å². The SMILES string of the molecule is CC[N+](CC)(CC)Cc1cccc([N+](=O)[O-])c1. The van der Waals surface area contributed by atoms with E-state index in [4.69, 9.17) is 0 Å². The number of hydrogen-bond donors (Lipinski definition) is 0. The van der Waals surface area contributed by atoms with Crippen molar-refractivity contribution >= 4 is 5.69 Å². The van der Waals surface area contributed by atoms with Crippen LogP contribution in [0.1, 0.15) is 26.3 Å². The molecule has 0 aliphatic heterocycles. The lowest BCUT2D eigenvalue weighted by Gasteiger charge is -2.35. The lowest BCUT2D eigenvalue weighted by Crippen LogP contribution is -2.46. The molecule has 0 aliphatic carbocycles. The Bertz CT molecular complexity index is 378. The third-order valence-corrected chi connectivity index (χ3v) is 3.65. The molecule has 0 unspecified atom stereocenters. The van der Waals surface area contributed by atoms with Gasteiger partial charge in [0.15, 0.2) is 0 Å². The Labute approximate surface area is 103 Å². The molecule has 0 amide bonds. The second kappa shape index (κ2) is 5.77. The maximum absolute atomic E-state index is 10.7. The van der Waals surface area contributed by atoms with Gasteiger partial charge < -0.3 is 4.48 Å². The number of quaternary nitrogens is 1. The largest absolute Gasteiger partial charge is 0.321 e. The third-order valence-electron chi connectivity index (χ3n) is 3.65. The Balaban J connectivity index is 2.93. The highest BCUT2D eigenvalue weighted by Crippen LogP contribution is 2.18. The van der Waals surface area contributed by atoms with Crippen LogP contribution in [0.5, 0.6) is 0 Å². The highest BCUT2D eigenvalue weighted by molar-refractivity contribution is 5.33. The minimum absolute atomic E-state index is 0.184. The van der Waals surface area contributed by atoms with Crippen molar-refractivity contribution in [2.45, 2.75) is 27.3 Å². The first-order valence-electron chi connectivity index (χ1n) is 6.15. The second-order valence-corrected chi connectivity index (χ2v) is 4.38. The molecule has 0 spiro atoms. The van der Waals surface area contributed by atoms with Crippen molar-refractivity contribution in [3.8, 4) is 0 Å². The van der Waals surface area contributed by atoms with Gasteiger partial charge in [-0.25, -0.2) is 0 Å². The standard InChI is InChI=1S/C13H21N2O2/c1-4-15(5-2,6-3)11-12-8-7-9-13(10-12)14(16)17/h7-10H,4-6,11H2,1-3H3/q+1. The van der Waals surface area contributed by atoms with Gasteiger partial charge >= 0.3 is 0 Å². The minimum atomic E-state index is -0.331. The van der Waals surface area contributed by atoms with Crippen LogP contribution in [0.3, 0.4) is 0 Å². The van der Waals surface area contributed by atoms with E-state index < -0.39 is 0 Å². The molecule has 17 heavy (non-hydrogen) atoms.